The Bertz CT molecular complexity index is 232. The van der Waals surface area contributed by atoms with Crippen molar-refractivity contribution in [3.05, 3.63) is 0 Å². The molecule has 0 spiro atoms. The lowest BCUT2D eigenvalue weighted by Crippen LogP contribution is -2.41. The van der Waals surface area contributed by atoms with E-state index in [1.807, 2.05) is 6.92 Å². The van der Waals surface area contributed by atoms with Crippen LogP contribution in [-0.4, -0.2) is 29.7 Å². The zero-order chi connectivity index (χ0) is 13.1. The van der Waals surface area contributed by atoms with Gasteiger partial charge in [0.25, 0.3) is 0 Å². The second kappa shape index (κ2) is 9.93. The molecule has 0 heterocycles. The topological polar surface area (TPSA) is 78.4 Å². The summed E-state index contributed by atoms with van der Waals surface area (Å²) in [7, 11) is 0. The number of hydrogen-bond donors (Lipinski definition) is 3. The molecule has 0 radical (unpaired) electrons. The Kier molecular flexibility index (Phi) is 9.19. The highest BCUT2D eigenvalue weighted by molar-refractivity contribution is 5.74. The van der Waals surface area contributed by atoms with Crippen molar-refractivity contribution < 1.29 is 14.7 Å². The third-order valence-corrected chi connectivity index (χ3v) is 2.47. The van der Waals surface area contributed by atoms with Crippen molar-refractivity contribution in [1.82, 2.24) is 10.6 Å². The molecule has 0 saturated carbocycles. The first-order valence-corrected chi connectivity index (χ1v) is 6.32. The molecule has 5 heteroatoms. The van der Waals surface area contributed by atoms with Gasteiger partial charge in [-0.25, -0.2) is 4.79 Å². The average Bonchev–Trinajstić information content (AvgIpc) is 2.25. The molecule has 0 bridgehead atoms. The van der Waals surface area contributed by atoms with Gasteiger partial charge in [0.05, 0.1) is 0 Å². The zero-order valence-electron chi connectivity index (χ0n) is 10.8. The van der Waals surface area contributed by atoms with Crippen LogP contribution >= 0.6 is 0 Å². The van der Waals surface area contributed by atoms with Crippen LogP contribution in [0.5, 0.6) is 0 Å². The normalized spacial score (nSPS) is 11.9. The molecular weight excluding hydrogens is 220 g/mol. The second-order valence-corrected chi connectivity index (χ2v) is 4.29. The van der Waals surface area contributed by atoms with E-state index in [1.165, 1.54) is 0 Å². The third-order valence-electron chi connectivity index (χ3n) is 2.47. The number of carboxylic acid groups (broad SMARTS) is 1. The fourth-order valence-electron chi connectivity index (χ4n) is 1.46. The van der Waals surface area contributed by atoms with Crippen molar-refractivity contribution in [2.24, 2.45) is 0 Å². The van der Waals surface area contributed by atoms with E-state index in [2.05, 4.69) is 17.6 Å². The minimum absolute atomic E-state index is 0.163. The molecule has 5 nitrogen and oxygen atoms in total. The molecular formula is C12H24N2O3. The number of carbonyl (C=O) groups excluding carboxylic acids is 1. The van der Waals surface area contributed by atoms with Crippen molar-refractivity contribution in [2.75, 3.05) is 6.54 Å². The monoisotopic (exact) mass is 244 g/mol. The lowest BCUT2D eigenvalue weighted by molar-refractivity contribution is -0.137. The van der Waals surface area contributed by atoms with Gasteiger partial charge in [-0.3, -0.25) is 4.79 Å². The molecule has 0 aliphatic heterocycles. The van der Waals surface area contributed by atoms with Crippen molar-refractivity contribution in [2.45, 2.75) is 58.4 Å². The Hall–Kier alpha value is -1.26. The summed E-state index contributed by atoms with van der Waals surface area (Å²) in [4.78, 5) is 21.6. The Labute approximate surface area is 103 Å². The van der Waals surface area contributed by atoms with Crippen LogP contribution < -0.4 is 10.6 Å². The van der Waals surface area contributed by atoms with Gasteiger partial charge in [-0.1, -0.05) is 19.8 Å². The molecule has 0 fully saturated rings. The number of rotatable bonds is 9. The lowest BCUT2D eigenvalue weighted by atomic mass is 10.1. The van der Waals surface area contributed by atoms with Gasteiger partial charge in [0.15, 0.2) is 0 Å². The molecule has 1 atom stereocenters. The van der Waals surface area contributed by atoms with Crippen molar-refractivity contribution in [3.63, 3.8) is 0 Å². The minimum Gasteiger partial charge on any atom is -0.481 e. The van der Waals surface area contributed by atoms with Gasteiger partial charge in [0.1, 0.15) is 0 Å². The fraction of sp³-hybridized carbons (Fsp3) is 0.833. The summed E-state index contributed by atoms with van der Waals surface area (Å²) >= 11 is 0. The second-order valence-electron chi connectivity index (χ2n) is 4.29. The number of aliphatic carboxylic acids is 1. The van der Waals surface area contributed by atoms with E-state index in [1.54, 1.807) is 0 Å². The van der Waals surface area contributed by atoms with Crippen molar-refractivity contribution in [3.8, 4) is 0 Å². The summed E-state index contributed by atoms with van der Waals surface area (Å²) in [6, 6.07) is 0.0258. The number of nitrogens with one attached hydrogen (secondary N) is 2. The van der Waals surface area contributed by atoms with E-state index in [9.17, 15) is 9.59 Å². The molecule has 0 aromatic rings. The van der Waals surface area contributed by atoms with Crippen LogP contribution in [0.15, 0.2) is 0 Å². The highest BCUT2D eigenvalue weighted by atomic mass is 16.4. The molecule has 0 rings (SSSR count). The van der Waals surface area contributed by atoms with Crippen LogP contribution in [0.4, 0.5) is 4.79 Å². The van der Waals surface area contributed by atoms with E-state index in [0.29, 0.717) is 19.4 Å². The first-order chi connectivity index (χ1) is 8.06. The molecule has 0 saturated heterocycles. The summed E-state index contributed by atoms with van der Waals surface area (Å²) in [6.45, 7) is 4.63. The lowest BCUT2D eigenvalue weighted by Gasteiger charge is -2.13. The SMILES string of the molecule is CCCCC(C)NC(=O)NCCCCC(=O)O. The highest BCUT2D eigenvalue weighted by Gasteiger charge is 2.05. The molecule has 0 aromatic heterocycles. The van der Waals surface area contributed by atoms with Crippen molar-refractivity contribution >= 4 is 12.0 Å². The maximum atomic E-state index is 11.4. The summed E-state index contributed by atoms with van der Waals surface area (Å²) in [5.41, 5.74) is 0. The van der Waals surface area contributed by atoms with Crippen LogP contribution in [0, 0.1) is 0 Å². The molecule has 0 aliphatic carbocycles. The molecule has 0 aromatic carbocycles. The van der Waals surface area contributed by atoms with Crippen LogP contribution in [0.3, 0.4) is 0 Å². The van der Waals surface area contributed by atoms with Gasteiger partial charge < -0.3 is 15.7 Å². The first-order valence-electron chi connectivity index (χ1n) is 6.32. The van der Waals surface area contributed by atoms with E-state index in [4.69, 9.17) is 5.11 Å². The van der Waals surface area contributed by atoms with Gasteiger partial charge in [-0.15, -0.1) is 0 Å². The first kappa shape index (κ1) is 15.7. The van der Waals surface area contributed by atoms with E-state index >= 15 is 0 Å². The number of hydrogen-bond acceptors (Lipinski definition) is 2. The van der Waals surface area contributed by atoms with Crippen LogP contribution in [0.1, 0.15) is 52.4 Å². The fourth-order valence-corrected chi connectivity index (χ4v) is 1.46. The van der Waals surface area contributed by atoms with E-state index in [-0.39, 0.29) is 18.5 Å². The van der Waals surface area contributed by atoms with Crippen LogP contribution in [0.25, 0.3) is 0 Å². The molecule has 2 amide bonds. The van der Waals surface area contributed by atoms with Crippen LogP contribution in [-0.2, 0) is 4.79 Å². The van der Waals surface area contributed by atoms with Gasteiger partial charge in [-0.2, -0.15) is 0 Å². The number of unbranched alkanes of at least 4 members (excludes halogenated alkanes) is 2. The van der Waals surface area contributed by atoms with Gasteiger partial charge in [-0.05, 0) is 26.2 Å². The Morgan fingerprint density at radius 1 is 1.24 bits per heavy atom. The largest absolute Gasteiger partial charge is 0.481 e. The highest BCUT2D eigenvalue weighted by Crippen LogP contribution is 1.99. The van der Waals surface area contributed by atoms with Gasteiger partial charge >= 0.3 is 12.0 Å². The Morgan fingerprint density at radius 3 is 2.53 bits per heavy atom. The Balaban J connectivity index is 3.42. The Morgan fingerprint density at radius 2 is 1.94 bits per heavy atom. The quantitative estimate of drug-likeness (QED) is 0.544. The molecule has 100 valence electrons. The smallest absolute Gasteiger partial charge is 0.314 e. The molecule has 17 heavy (non-hydrogen) atoms. The van der Waals surface area contributed by atoms with E-state index in [0.717, 1.165) is 19.3 Å². The zero-order valence-corrected chi connectivity index (χ0v) is 10.8. The summed E-state index contributed by atoms with van der Waals surface area (Å²) in [5.74, 6) is -0.789. The number of carbonyl (C=O) groups is 2. The summed E-state index contributed by atoms with van der Waals surface area (Å²) in [5, 5.41) is 14.0. The molecule has 3 N–H and O–H groups in total. The number of carboxylic acids is 1. The standard InChI is InChI=1S/C12H24N2O3/c1-3-4-7-10(2)14-12(17)13-9-6-5-8-11(15)16/h10H,3-9H2,1-2H3,(H,15,16)(H2,13,14,17). The van der Waals surface area contributed by atoms with Gasteiger partial charge in [0, 0.05) is 19.0 Å². The predicted molar refractivity (Wildman–Crippen MR) is 67.0 cm³/mol. The maximum Gasteiger partial charge on any atom is 0.314 e. The third kappa shape index (κ3) is 11.0. The maximum absolute atomic E-state index is 11.4. The number of urea groups is 1. The molecule has 0 aliphatic rings. The summed E-state index contributed by atoms with van der Waals surface area (Å²) < 4.78 is 0. The van der Waals surface area contributed by atoms with Crippen LogP contribution in [0.2, 0.25) is 0 Å². The predicted octanol–water partition coefficient (Wildman–Crippen LogP) is 2.12. The van der Waals surface area contributed by atoms with Gasteiger partial charge in [0.2, 0.25) is 0 Å². The average molecular weight is 244 g/mol. The van der Waals surface area contributed by atoms with Crippen molar-refractivity contribution in [1.29, 1.82) is 0 Å². The van der Waals surface area contributed by atoms with E-state index < -0.39 is 5.97 Å². The minimum atomic E-state index is -0.789. The number of amides is 2. The summed E-state index contributed by atoms with van der Waals surface area (Å²) in [6.07, 6.45) is 4.69. The molecule has 1 unspecified atom stereocenters.